The zero-order valence-electron chi connectivity index (χ0n) is 16.9. The summed E-state index contributed by atoms with van der Waals surface area (Å²) in [5.41, 5.74) is 2.33. The number of fused-ring (bicyclic) bond motifs is 1. The molecule has 0 fully saturated rings. The Bertz CT molecular complexity index is 1280. The molecule has 160 valence electrons. The normalized spacial score (nSPS) is 11.2. The van der Waals surface area contributed by atoms with Crippen molar-refractivity contribution in [3.63, 3.8) is 0 Å². The summed E-state index contributed by atoms with van der Waals surface area (Å²) in [6, 6.07) is 7.45. The summed E-state index contributed by atoms with van der Waals surface area (Å²) < 4.78 is 13.6. The molecule has 0 saturated heterocycles. The first kappa shape index (κ1) is 20.7. The van der Waals surface area contributed by atoms with Crippen LogP contribution in [-0.4, -0.2) is 53.1 Å². The molecule has 4 aromatic rings. The molecule has 0 spiro atoms. The lowest BCUT2D eigenvalue weighted by atomic mass is 10.2. The largest absolute Gasteiger partial charge is 0.465 e. The van der Waals surface area contributed by atoms with Crippen molar-refractivity contribution in [3.05, 3.63) is 58.1 Å². The van der Waals surface area contributed by atoms with E-state index in [1.165, 1.54) is 0 Å². The second kappa shape index (κ2) is 9.08. The molecule has 3 heterocycles. The van der Waals surface area contributed by atoms with Crippen LogP contribution in [-0.2, 0) is 22.6 Å². The number of carbonyl (C=O) groups excluding carboxylic acids is 1. The van der Waals surface area contributed by atoms with E-state index in [4.69, 9.17) is 9.15 Å². The van der Waals surface area contributed by atoms with Crippen LogP contribution < -0.4 is 5.56 Å². The molecule has 0 amide bonds. The highest BCUT2D eigenvalue weighted by molar-refractivity contribution is 7.99. The fraction of sp³-hybridized carbons (Fsp3) is 0.316. The van der Waals surface area contributed by atoms with E-state index in [1.807, 2.05) is 24.3 Å². The van der Waals surface area contributed by atoms with Crippen molar-refractivity contribution in [2.75, 3.05) is 12.4 Å². The van der Waals surface area contributed by atoms with Gasteiger partial charge in [0.1, 0.15) is 23.7 Å². The smallest absolute Gasteiger partial charge is 0.316 e. The molecule has 0 bridgehead atoms. The molecule has 31 heavy (non-hydrogen) atoms. The molecule has 1 aromatic carbocycles. The minimum atomic E-state index is -0.345. The van der Waals surface area contributed by atoms with Crippen LogP contribution in [0.1, 0.15) is 24.2 Å². The van der Waals surface area contributed by atoms with Gasteiger partial charge in [-0.1, -0.05) is 29.1 Å². The van der Waals surface area contributed by atoms with Crippen LogP contribution in [0, 0.1) is 6.92 Å². The minimum Gasteiger partial charge on any atom is -0.465 e. The Labute approximate surface area is 180 Å². The van der Waals surface area contributed by atoms with Gasteiger partial charge in [-0.3, -0.25) is 14.2 Å². The number of aromatic nitrogens is 7. The van der Waals surface area contributed by atoms with Gasteiger partial charge in [-0.2, -0.15) is 0 Å². The molecule has 0 atom stereocenters. The van der Waals surface area contributed by atoms with E-state index in [0.29, 0.717) is 23.9 Å². The van der Waals surface area contributed by atoms with Crippen molar-refractivity contribution in [1.29, 1.82) is 0 Å². The fourth-order valence-electron chi connectivity index (χ4n) is 2.95. The van der Waals surface area contributed by atoms with Crippen LogP contribution in [0.5, 0.6) is 0 Å². The van der Waals surface area contributed by atoms with E-state index < -0.39 is 0 Å². The zero-order chi connectivity index (χ0) is 21.8. The van der Waals surface area contributed by atoms with Gasteiger partial charge >= 0.3 is 5.97 Å². The van der Waals surface area contributed by atoms with E-state index in [9.17, 15) is 9.59 Å². The number of thioether (sulfide) groups is 1. The molecule has 0 unspecified atom stereocenters. The molecule has 12 heteroatoms. The van der Waals surface area contributed by atoms with Gasteiger partial charge in [0.25, 0.3) is 10.8 Å². The maximum Gasteiger partial charge on any atom is 0.316 e. The fourth-order valence-corrected chi connectivity index (χ4v) is 3.53. The lowest BCUT2D eigenvalue weighted by Gasteiger charge is -2.09. The molecule has 11 nitrogen and oxygen atoms in total. The summed E-state index contributed by atoms with van der Waals surface area (Å²) in [6.45, 7) is 4.23. The lowest BCUT2D eigenvalue weighted by molar-refractivity contribution is -0.139. The minimum absolute atomic E-state index is 0.0943. The van der Waals surface area contributed by atoms with Gasteiger partial charge in [-0.15, -0.1) is 15.3 Å². The first-order chi connectivity index (χ1) is 15.0. The number of nitrogens with zero attached hydrogens (tertiary/aromatic N) is 7. The summed E-state index contributed by atoms with van der Waals surface area (Å²) in [7, 11) is 0. The molecular weight excluding hydrogens is 422 g/mol. The quantitative estimate of drug-likeness (QED) is 0.292. The van der Waals surface area contributed by atoms with E-state index >= 15 is 0 Å². The molecule has 0 N–H and O–H groups in total. The first-order valence-electron chi connectivity index (χ1n) is 9.49. The van der Waals surface area contributed by atoms with Gasteiger partial charge in [0.2, 0.25) is 5.89 Å². The van der Waals surface area contributed by atoms with Crippen LogP contribution in [0.25, 0.3) is 11.0 Å². The van der Waals surface area contributed by atoms with Crippen LogP contribution in [0.4, 0.5) is 0 Å². The molecule has 0 radical (unpaired) electrons. The second-order valence-corrected chi connectivity index (χ2v) is 7.47. The van der Waals surface area contributed by atoms with Crippen molar-refractivity contribution < 1.29 is 13.9 Å². The average Bonchev–Trinajstić information content (AvgIpc) is 3.39. The average molecular weight is 441 g/mol. The number of ether oxygens (including phenoxy) is 1. The Morgan fingerprint density at radius 2 is 2.03 bits per heavy atom. The Morgan fingerprint density at radius 3 is 2.87 bits per heavy atom. The third-order valence-electron chi connectivity index (χ3n) is 4.29. The van der Waals surface area contributed by atoms with E-state index in [2.05, 4.69) is 25.5 Å². The Kier molecular flexibility index (Phi) is 6.07. The summed E-state index contributed by atoms with van der Waals surface area (Å²) in [5.74, 6) is 0.0734. The van der Waals surface area contributed by atoms with Gasteiger partial charge in [0.05, 0.1) is 30.4 Å². The van der Waals surface area contributed by atoms with Crippen LogP contribution in [0.15, 0.2) is 44.9 Å². The van der Waals surface area contributed by atoms with Gasteiger partial charge < -0.3 is 9.15 Å². The van der Waals surface area contributed by atoms with Gasteiger partial charge in [-0.25, -0.2) is 9.67 Å². The Morgan fingerprint density at radius 1 is 1.19 bits per heavy atom. The van der Waals surface area contributed by atoms with Crippen molar-refractivity contribution in [2.24, 2.45) is 0 Å². The number of aryl methyl sites for hydroxylation is 1. The summed E-state index contributed by atoms with van der Waals surface area (Å²) in [6.07, 6.45) is 1.71. The number of carbonyl (C=O) groups is 1. The van der Waals surface area contributed by atoms with Gasteiger partial charge in [0, 0.05) is 0 Å². The third kappa shape index (κ3) is 4.79. The van der Waals surface area contributed by atoms with Gasteiger partial charge in [0.15, 0.2) is 0 Å². The molecule has 0 aliphatic rings. The number of hydrogen-bond donors (Lipinski definition) is 0. The van der Waals surface area contributed by atoms with E-state index in [1.54, 1.807) is 29.3 Å². The van der Waals surface area contributed by atoms with E-state index in [-0.39, 0.29) is 35.6 Å². The Hall–Kier alpha value is -3.54. The summed E-state index contributed by atoms with van der Waals surface area (Å²) >= 11 is 1.11. The highest BCUT2D eigenvalue weighted by Crippen LogP contribution is 2.17. The van der Waals surface area contributed by atoms with Crippen molar-refractivity contribution >= 4 is 28.8 Å². The maximum absolute atomic E-state index is 12.6. The topological polar surface area (TPSA) is 131 Å². The number of esters is 1. The Balaban J connectivity index is 1.46. The molecule has 3 aromatic heterocycles. The highest BCUT2D eigenvalue weighted by atomic mass is 32.2. The van der Waals surface area contributed by atoms with Crippen LogP contribution >= 0.6 is 11.8 Å². The standard InChI is InChI=1S/C19H19N7O4S/c1-3-29-17(27)11-31-19-23-22-16(30-19)10-25-8-13(21-24-25)9-26-15-7-5-4-6-14(15)20-12(2)18(26)28/h4-8H,3,9-11H2,1-2H3. The molecule has 0 aliphatic carbocycles. The van der Waals surface area contributed by atoms with Gasteiger partial charge in [-0.05, 0) is 26.0 Å². The molecular formula is C19H19N7O4S. The summed E-state index contributed by atoms with van der Waals surface area (Å²) in [5, 5.41) is 16.3. The monoisotopic (exact) mass is 441 g/mol. The predicted octanol–water partition coefficient (Wildman–Crippen LogP) is 1.43. The number of hydrogen-bond acceptors (Lipinski definition) is 10. The van der Waals surface area contributed by atoms with E-state index in [0.717, 1.165) is 22.8 Å². The first-order valence-corrected chi connectivity index (χ1v) is 10.5. The van der Waals surface area contributed by atoms with Crippen molar-refractivity contribution in [1.82, 2.24) is 34.7 Å². The maximum atomic E-state index is 12.6. The molecule has 0 saturated carbocycles. The van der Waals surface area contributed by atoms with Crippen LogP contribution in [0.3, 0.4) is 0 Å². The summed E-state index contributed by atoms with van der Waals surface area (Å²) in [4.78, 5) is 28.4. The number of rotatable bonds is 8. The SMILES string of the molecule is CCOC(=O)CSc1nnc(Cn2cc(Cn3c(=O)c(C)nc4ccccc43)nn2)o1. The molecule has 4 rings (SSSR count). The molecule has 0 aliphatic heterocycles. The number of benzene rings is 1. The zero-order valence-corrected chi connectivity index (χ0v) is 17.7. The van der Waals surface area contributed by atoms with Crippen molar-refractivity contribution in [2.45, 2.75) is 32.2 Å². The van der Waals surface area contributed by atoms with Crippen molar-refractivity contribution in [3.8, 4) is 0 Å². The third-order valence-corrected chi connectivity index (χ3v) is 5.08. The highest BCUT2D eigenvalue weighted by Gasteiger charge is 2.13. The lowest BCUT2D eigenvalue weighted by Crippen LogP contribution is -2.24. The second-order valence-electron chi connectivity index (χ2n) is 6.54. The predicted molar refractivity (Wildman–Crippen MR) is 111 cm³/mol. The number of para-hydroxylation sites is 2. The van der Waals surface area contributed by atoms with Crippen LogP contribution in [0.2, 0.25) is 0 Å².